The highest BCUT2D eigenvalue weighted by Crippen LogP contribution is 2.21. The molecule has 0 N–H and O–H groups in total. The second kappa shape index (κ2) is 5.18. The van der Waals surface area contributed by atoms with E-state index in [0.717, 1.165) is 12.0 Å². The Morgan fingerprint density at radius 3 is 2.57 bits per heavy atom. The SMILES string of the molecule is CCC(C(=O)CC#N)c1ccccc1. The molecule has 1 aromatic rings. The molecule has 0 amide bonds. The highest BCUT2D eigenvalue weighted by Gasteiger charge is 2.17. The van der Waals surface area contributed by atoms with Gasteiger partial charge in [-0.2, -0.15) is 5.26 Å². The number of rotatable bonds is 4. The minimum Gasteiger partial charge on any atom is -0.298 e. The molecule has 14 heavy (non-hydrogen) atoms. The summed E-state index contributed by atoms with van der Waals surface area (Å²) in [6.07, 6.45) is 0.762. The van der Waals surface area contributed by atoms with Crippen molar-refractivity contribution in [2.45, 2.75) is 25.7 Å². The van der Waals surface area contributed by atoms with Crippen LogP contribution in [-0.4, -0.2) is 5.78 Å². The van der Waals surface area contributed by atoms with Gasteiger partial charge in [-0.1, -0.05) is 37.3 Å². The molecule has 1 atom stereocenters. The van der Waals surface area contributed by atoms with E-state index >= 15 is 0 Å². The van der Waals surface area contributed by atoms with Crippen LogP contribution >= 0.6 is 0 Å². The monoisotopic (exact) mass is 187 g/mol. The number of hydrogen-bond acceptors (Lipinski definition) is 2. The molecule has 72 valence electrons. The Labute approximate surface area is 84.2 Å². The van der Waals surface area contributed by atoms with Gasteiger partial charge in [-0.3, -0.25) is 4.79 Å². The molecule has 0 heterocycles. The summed E-state index contributed by atoms with van der Waals surface area (Å²) in [7, 11) is 0. The lowest BCUT2D eigenvalue weighted by atomic mass is 9.91. The van der Waals surface area contributed by atoms with Crippen LogP contribution in [0.15, 0.2) is 30.3 Å². The Hall–Kier alpha value is -1.62. The van der Waals surface area contributed by atoms with Crippen LogP contribution in [0.1, 0.15) is 31.2 Å². The van der Waals surface area contributed by atoms with Crippen LogP contribution < -0.4 is 0 Å². The number of carbonyl (C=O) groups is 1. The zero-order valence-corrected chi connectivity index (χ0v) is 8.23. The predicted octanol–water partition coefficient (Wildman–Crippen LogP) is 2.66. The highest BCUT2D eigenvalue weighted by atomic mass is 16.1. The summed E-state index contributed by atoms with van der Waals surface area (Å²) in [6, 6.07) is 11.5. The van der Waals surface area contributed by atoms with Crippen LogP contribution in [-0.2, 0) is 4.79 Å². The molecule has 0 aromatic heterocycles. The van der Waals surface area contributed by atoms with E-state index in [9.17, 15) is 4.79 Å². The lowest BCUT2D eigenvalue weighted by Crippen LogP contribution is -2.10. The van der Waals surface area contributed by atoms with Crippen molar-refractivity contribution in [2.24, 2.45) is 0 Å². The van der Waals surface area contributed by atoms with Gasteiger partial charge in [0, 0.05) is 5.92 Å². The van der Waals surface area contributed by atoms with Gasteiger partial charge in [0.15, 0.2) is 5.78 Å². The predicted molar refractivity (Wildman–Crippen MR) is 54.7 cm³/mol. The molecule has 0 radical (unpaired) electrons. The van der Waals surface area contributed by atoms with Gasteiger partial charge in [0.05, 0.1) is 12.5 Å². The molecule has 1 unspecified atom stereocenters. The average molecular weight is 187 g/mol. The topological polar surface area (TPSA) is 40.9 Å². The van der Waals surface area contributed by atoms with Crippen molar-refractivity contribution in [3.05, 3.63) is 35.9 Å². The first-order valence-electron chi connectivity index (χ1n) is 4.74. The number of nitriles is 1. The van der Waals surface area contributed by atoms with Gasteiger partial charge in [-0.05, 0) is 12.0 Å². The minimum absolute atomic E-state index is 0.00734. The van der Waals surface area contributed by atoms with Gasteiger partial charge in [0.25, 0.3) is 0 Å². The summed E-state index contributed by atoms with van der Waals surface area (Å²) >= 11 is 0. The summed E-state index contributed by atoms with van der Waals surface area (Å²) in [5.74, 6) is -0.1000. The number of benzene rings is 1. The van der Waals surface area contributed by atoms with Crippen molar-refractivity contribution >= 4 is 5.78 Å². The molecular weight excluding hydrogens is 174 g/mol. The summed E-state index contributed by atoms with van der Waals surface area (Å²) in [6.45, 7) is 1.97. The number of nitrogens with zero attached hydrogens (tertiary/aromatic N) is 1. The third-order valence-corrected chi connectivity index (χ3v) is 2.25. The van der Waals surface area contributed by atoms with E-state index in [0.29, 0.717) is 0 Å². The largest absolute Gasteiger partial charge is 0.298 e. The maximum Gasteiger partial charge on any atom is 0.154 e. The van der Waals surface area contributed by atoms with E-state index in [2.05, 4.69) is 0 Å². The van der Waals surface area contributed by atoms with Gasteiger partial charge in [-0.25, -0.2) is 0 Å². The molecule has 0 aliphatic carbocycles. The fraction of sp³-hybridized carbons (Fsp3) is 0.333. The molecule has 0 spiro atoms. The van der Waals surface area contributed by atoms with Crippen molar-refractivity contribution in [1.82, 2.24) is 0 Å². The maximum atomic E-state index is 11.6. The standard InChI is InChI=1S/C12H13NO/c1-2-11(12(14)8-9-13)10-6-4-3-5-7-10/h3-7,11H,2,8H2,1H3. The Morgan fingerprint density at radius 1 is 1.43 bits per heavy atom. The number of ketones is 1. The van der Waals surface area contributed by atoms with Crippen LogP contribution in [0.3, 0.4) is 0 Å². The lowest BCUT2D eigenvalue weighted by Gasteiger charge is -2.11. The Morgan fingerprint density at radius 2 is 2.07 bits per heavy atom. The van der Waals surface area contributed by atoms with E-state index < -0.39 is 0 Å². The second-order valence-corrected chi connectivity index (χ2v) is 3.17. The van der Waals surface area contributed by atoms with Gasteiger partial charge >= 0.3 is 0 Å². The summed E-state index contributed by atoms with van der Waals surface area (Å²) in [5, 5.41) is 8.46. The van der Waals surface area contributed by atoms with Gasteiger partial charge in [0.1, 0.15) is 0 Å². The van der Waals surface area contributed by atoms with Crippen molar-refractivity contribution in [2.75, 3.05) is 0 Å². The van der Waals surface area contributed by atoms with Gasteiger partial charge in [0.2, 0.25) is 0 Å². The molecule has 0 aliphatic heterocycles. The van der Waals surface area contributed by atoms with Crippen LogP contribution in [0.25, 0.3) is 0 Å². The van der Waals surface area contributed by atoms with E-state index in [-0.39, 0.29) is 18.1 Å². The fourth-order valence-electron chi connectivity index (χ4n) is 1.54. The first-order chi connectivity index (χ1) is 6.79. The van der Waals surface area contributed by atoms with Crippen molar-refractivity contribution in [3.8, 4) is 6.07 Å². The summed E-state index contributed by atoms with van der Waals surface area (Å²) in [4.78, 5) is 11.6. The van der Waals surface area contributed by atoms with Crippen LogP contribution in [0.2, 0.25) is 0 Å². The zero-order valence-electron chi connectivity index (χ0n) is 8.23. The molecule has 2 nitrogen and oxygen atoms in total. The first-order valence-corrected chi connectivity index (χ1v) is 4.74. The third kappa shape index (κ3) is 2.43. The molecule has 0 fully saturated rings. The molecule has 0 saturated carbocycles. The minimum atomic E-state index is -0.115. The molecule has 1 aromatic carbocycles. The fourth-order valence-corrected chi connectivity index (χ4v) is 1.54. The van der Waals surface area contributed by atoms with E-state index in [1.165, 1.54) is 0 Å². The molecule has 0 aliphatic rings. The zero-order chi connectivity index (χ0) is 10.4. The number of hydrogen-bond donors (Lipinski definition) is 0. The molecule has 0 saturated heterocycles. The van der Waals surface area contributed by atoms with Crippen molar-refractivity contribution in [3.63, 3.8) is 0 Å². The van der Waals surface area contributed by atoms with Gasteiger partial charge in [-0.15, -0.1) is 0 Å². The molecule has 1 rings (SSSR count). The van der Waals surface area contributed by atoms with Crippen molar-refractivity contribution < 1.29 is 4.79 Å². The van der Waals surface area contributed by atoms with Crippen molar-refractivity contribution in [1.29, 1.82) is 5.26 Å². The molecule has 2 heteroatoms. The number of carbonyl (C=O) groups excluding carboxylic acids is 1. The van der Waals surface area contributed by atoms with Crippen LogP contribution in [0.4, 0.5) is 0 Å². The van der Waals surface area contributed by atoms with Gasteiger partial charge < -0.3 is 0 Å². The van der Waals surface area contributed by atoms with Crippen LogP contribution in [0.5, 0.6) is 0 Å². The smallest absolute Gasteiger partial charge is 0.154 e. The quantitative estimate of drug-likeness (QED) is 0.727. The average Bonchev–Trinajstić information content (AvgIpc) is 2.21. The first kappa shape index (κ1) is 10.5. The van der Waals surface area contributed by atoms with Crippen LogP contribution in [0, 0.1) is 11.3 Å². The summed E-state index contributed by atoms with van der Waals surface area (Å²) < 4.78 is 0. The van der Waals surface area contributed by atoms with E-state index in [4.69, 9.17) is 5.26 Å². The van der Waals surface area contributed by atoms with E-state index in [1.807, 2.05) is 43.3 Å². The maximum absolute atomic E-state index is 11.6. The Balaban J connectivity index is 2.83. The number of Topliss-reactive ketones (excluding diaryl/α,β-unsaturated/α-hetero) is 1. The normalized spacial score (nSPS) is 11.7. The second-order valence-electron chi connectivity index (χ2n) is 3.17. The molecular formula is C12H13NO. The van der Waals surface area contributed by atoms with E-state index in [1.54, 1.807) is 0 Å². The Kier molecular flexibility index (Phi) is 3.87. The molecule has 0 bridgehead atoms. The highest BCUT2D eigenvalue weighted by molar-refractivity contribution is 5.87. The Bertz CT molecular complexity index is 337. The summed E-state index contributed by atoms with van der Waals surface area (Å²) in [5.41, 5.74) is 1.01. The third-order valence-electron chi connectivity index (χ3n) is 2.25. The lowest BCUT2D eigenvalue weighted by molar-refractivity contribution is -0.119.